The minimum atomic E-state index is -3.57. The summed E-state index contributed by atoms with van der Waals surface area (Å²) in [5, 5.41) is 5.56. The molecule has 31 heavy (non-hydrogen) atoms. The lowest BCUT2D eigenvalue weighted by molar-refractivity contribution is 0.0977. The van der Waals surface area contributed by atoms with Crippen LogP contribution in [0.1, 0.15) is 38.1 Å². The van der Waals surface area contributed by atoms with Gasteiger partial charge in [0.2, 0.25) is 10.0 Å². The first-order chi connectivity index (χ1) is 14.5. The molecule has 0 unspecified atom stereocenters. The Hall–Kier alpha value is -2.01. The third-order valence-electron chi connectivity index (χ3n) is 3.81. The van der Waals surface area contributed by atoms with Crippen molar-refractivity contribution in [2.24, 2.45) is 5.92 Å². The Morgan fingerprint density at radius 1 is 1.10 bits per heavy atom. The standard InChI is InChI=1S/C21H26BrN3O4S2/c1-13(2)12-29-19-10-5-15(11-18(19)22)20(26)24-21(30)23-16-6-8-17(9-7-16)31(27,28)25-14(3)4/h5-11,13-14,25H,12H2,1-4H3,(H2,23,24,26,30). The van der Waals surface area contributed by atoms with E-state index in [0.29, 0.717) is 34.0 Å². The molecule has 0 atom stereocenters. The molecule has 0 aliphatic heterocycles. The average molecular weight is 528 g/mol. The fourth-order valence-electron chi connectivity index (χ4n) is 2.45. The molecule has 10 heteroatoms. The van der Waals surface area contributed by atoms with Crippen LogP contribution in [0.4, 0.5) is 5.69 Å². The van der Waals surface area contributed by atoms with Gasteiger partial charge in [-0.3, -0.25) is 10.1 Å². The molecule has 2 aromatic rings. The van der Waals surface area contributed by atoms with Gasteiger partial charge < -0.3 is 10.1 Å². The number of anilines is 1. The van der Waals surface area contributed by atoms with Crippen LogP contribution >= 0.6 is 28.1 Å². The van der Waals surface area contributed by atoms with Gasteiger partial charge in [0.05, 0.1) is 16.0 Å². The fourth-order valence-corrected chi connectivity index (χ4v) is 4.40. The maximum Gasteiger partial charge on any atom is 0.257 e. The number of amides is 1. The number of thiocarbonyl (C=S) groups is 1. The van der Waals surface area contributed by atoms with E-state index in [1.54, 1.807) is 44.2 Å². The number of carbonyl (C=O) groups excluding carboxylic acids is 1. The van der Waals surface area contributed by atoms with Crippen LogP contribution in [0.15, 0.2) is 51.8 Å². The quantitative estimate of drug-likeness (QED) is 0.443. The molecule has 0 bridgehead atoms. The van der Waals surface area contributed by atoms with Crippen molar-refractivity contribution in [3.8, 4) is 5.75 Å². The van der Waals surface area contributed by atoms with Crippen LogP contribution in [0.3, 0.4) is 0 Å². The van der Waals surface area contributed by atoms with E-state index in [4.69, 9.17) is 17.0 Å². The summed E-state index contributed by atoms with van der Waals surface area (Å²) in [5.74, 6) is 0.667. The number of nitrogens with one attached hydrogen (secondary N) is 3. The summed E-state index contributed by atoms with van der Waals surface area (Å²) in [4.78, 5) is 12.6. The van der Waals surface area contributed by atoms with E-state index in [2.05, 4.69) is 45.1 Å². The van der Waals surface area contributed by atoms with Gasteiger partial charge in [0.25, 0.3) is 5.91 Å². The van der Waals surface area contributed by atoms with Crippen molar-refractivity contribution in [3.63, 3.8) is 0 Å². The second-order valence-corrected chi connectivity index (χ2v) is 10.5. The lowest BCUT2D eigenvalue weighted by Crippen LogP contribution is -2.34. The Labute approximate surface area is 197 Å². The second kappa shape index (κ2) is 11.0. The topological polar surface area (TPSA) is 96.5 Å². The zero-order valence-electron chi connectivity index (χ0n) is 17.7. The Morgan fingerprint density at radius 2 is 1.74 bits per heavy atom. The van der Waals surface area contributed by atoms with Gasteiger partial charge in [0, 0.05) is 17.3 Å². The van der Waals surface area contributed by atoms with E-state index in [1.165, 1.54) is 12.1 Å². The molecule has 0 heterocycles. The van der Waals surface area contributed by atoms with E-state index in [9.17, 15) is 13.2 Å². The zero-order chi connectivity index (χ0) is 23.2. The highest BCUT2D eigenvalue weighted by molar-refractivity contribution is 9.10. The highest BCUT2D eigenvalue weighted by Gasteiger charge is 2.15. The van der Waals surface area contributed by atoms with E-state index in [0.717, 1.165) is 0 Å². The van der Waals surface area contributed by atoms with Crippen LogP contribution in [0, 0.1) is 5.92 Å². The van der Waals surface area contributed by atoms with E-state index >= 15 is 0 Å². The average Bonchev–Trinajstić information content (AvgIpc) is 2.66. The van der Waals surface area contributed by atoms with Gasteiger partial charge in [-0.15, -0.1) is 0 Å². The normalized spacial score (nSPS) is 11.5. The molecule has 0 fully saturated rings. The van der Waals surface area contributed by atoms with Gasteiger partial charge in [0.15, 0.2) is 5.11 Å². The SMILES string of the molecule is CC(C)COc1ccc(C(=O)NC(=S)Nc2ccc(S(=O)(=O)NC(C)C)cc2)cc1Br. The maximum atomic E-state index is 12.5. The highest BCUT2D eigenvalue weighted by atomic mass is 79.9. The lowest BCUT2D eigenvalue weighted by Gasteiger charge is -2.13. The second-order valence-electron chi connectivity index (χ2n) is 7.56. The first kappa shape index (κ1) is 25.3. The maximum absolute atomic E-state index is 12.5. The minimum Gasteiger partial charge on any atom is -0.492 e. The van der Waals surface area contributed by atoms with Gasteiger partial charge in [-0.1, -0.05) is 13.8 Å². The number of hydrogen-bond acceptors (Lipinski definition) is 5. The van der Waals surface area contributed by atoms with E-state index in [-0.39, 0.29) is 22.0 Å². The Balaban J connectivity index is 1.98. The summed E-state index contributed by atoms with van der Waals surface area (Å²) < 4.78 is 33.2. The Bertz CT molecular complexity index is 1040. The number of benzene rings is 2. The van der Waals surface area contributed by atoms with Crippen LogP contribution < -0.4 is 20.1 Å². The number of halogens is 1. The number of sulfonamides is 1. The zero-order valence-corrected chi connectivity index (χ0v) is 20.9. The molecular formula is C21H26BrN3O4S2. The molecule has 168 valence electrons. The molecule has 1 amide bonds. The predicted molar refractivity (Wildman–Crippen MR) is 130 cm³/mol. The van der Waals surface area contributed by atoms with Crippen molar-refractivity contribution in [1.29, 1.82) is 0 Å². The molecule has 2 rings (SSSR count). The summed E-state index contributed by atoms with van der Waals surface area (Å²) >= 11 is 8.61. The summed E-state index contributed by atoms with van der Waals surface area (Å²) in [6.07, 6.45) is 0. The van der Waals surface area contributed by atoms with Crippen LogP contribution in [0.2, 0.25) is 0 Å². The van der Waals surface area contributed by atoms with Crippen molar-refractivity contribution in [3.05, 3.63) is 52.5 Å². The van der Waals surface area contributed by atoms with Crippen LogP contribution in [-0.4, -0.2) is 32.1 Å². The number of hydrogen-bond donors (Lipinski definition) is 3. The first-order valence-corrected chi connectivity index (χ1v) is 12.3. The highest BCUT2D eigenvalue weighted by Crippen LogP contribution is 2.26. The van der Waals surface area contributed by atoms with Gasteiger partial charge in [-0.2, -0.15) is 0 Å². The van der Waals surface area contributed by atoms with Crippen molar-refractivity contribution in [2.45, 2.75) is 38.6 Å². The van der Waals surface area contributed by atoms with Crippen molar-refractivity contribution >= 4 is 54.9 Å². The van der Waals surface area contributed by atoms with Gasteiger partial charge in [-0.25, -0.2) is 13.1 Å². The van der Waals surface area contributed by atoms with E-state index < -0.39 is 10.0 Å². The largest absolute Gasteiger partial charge is 0.492 e. The summed E-state index contributed by atoms with van der Waals surface area (Å²) in [6, 6.07) is 10.9. The monoisotopic (exact) mass is 527 g/mol. The summed E-state index contributed by atoms with van der Waals surface area (Å²) in [5.41, 5.74) is 0.960. The van der Waals surface area contributed by atoms with E-state index in [1.807, 2.05) is 0 Å². The predicted octanol–water partition coefficient (Wildman–Crippen LogP) is 4.30. The summed E-state index contributed by atoms with van der Waals surface area (Å²) in [6.45, 7) is 8.18. The molecule has 3 N–H and O–H groups in total. The van der Waals surface area contributed by atoms with Gasteiger partial charge in [-0.05, 0) is 90.4 Å². The first-order valence-electron chi connectivity index (χ1n) is 9.65. The Morgan fingerprint density at radius 3 is 2.29 bits per heavy atom. The third-order valence-corrected chi connectivity index (χ3v) is 6.30. The smallest absolute Gasteiger partial charge is 0.257 e. The summed E-state index contributed by atoms with van der Waals surface area (Å²) in [7, 11) is -3.57. The van der Waals surface area contributed by atoms with Crippen LogP contribution in [0.5, 0.6) is 5.75 Å². The molecule has 7 nitrogen and oxygen atoms in total. The van der Waals surface area contributed by atoms with Crippen LogP contribution in [-0.2, 0) is 10.0 Å². The van der Waals surface area contributed by atoms with Crippen molar-refractivity contribution in [1.82, 2.24) is 10.0 Å². The molecule has 0 spiro atoms. The minimum absolute atomic E-state index is 0.0946. The van der Waals surface area contributed by atoms with Crippen LogP contribution in [0.25, 0.3) is 0 Å². The Kier molecular flexibility index (Phi) is 8.99. The van der Waals surface area contributed by atoms with Gasteiger partial charge >= 0.3 is 0 Å². The lowest BCUT2D eigenvalue weighted by atomic mass is 10.2. The molecule has 2 aromatic carbocycles. The molecule has 0 aliphatic carbocycles. The molecule has 0 aromatic heterocycles. The number of ether oxygens (including phenoxy) is 1. The number of carbonyl (C=O) groups is 1. The molecule has 0 saturated heterocycles. The van der Waals surface area contributed by atoms with Crippen molar-refractivity contribution < 1.29 is 17.9 Å². The third kappa shape index (κ3) is 7.88. The molecular weight excluding hydrogens is 502 g/mol. The molecule has 0 radical (unpaired) electrons. The fraction of sp³-hybridized carbons (Fsp3) is 0.333. The van der Waals surface area contributed by atoms with Crippen molar-refractivity contribution in [2.75, 3.05) is 11.9 Å². The molecule has 0 saturated carbocycles. The number of rotatable bonds is 8. The van der Waals surface area contributed by atoms with Gasteiger partial charge in [0.1, 0.15) is 5.75 Å². The molecule has 0 aliphatic rings.